The molecule has 0 radical (unpaired) electrons. The molecule has 10 heavy (non-hydrogen) atoms. The minimum absolute atomic E-state index is 0.139. The van der Waals surface area contributed by atoms with E-state index >= 15 is 0 Å². The van der Waals surface area contributed by atoms with E-state index in [2.05, 4.69) is 0 Å². The van der Waals surface area contributed by atoms with Crippen LogP contribution in [0.1, 0.15) is 0 Å². The Morgan fingerprint density at radius 3 is 2.10 bits per heavy atom. The first-order valence-electron chi connectivity index (χ1n) is 2.42. The third kappa shape index (κ3) is 5.53. The van der Waals surface area contributed by atoms with Gasteiger partial charge in [0.25, 0.3) is 0 Å². The Hall–Kier alpha value is -0.610. The highest BCUT2D eigenvalue weighted by Gasteiger charge is 2.22. The summed E-state index contributed by atoms with van der Waals surface area (Å²) in [5, 5.41) is 0. The van der Waals surface area contributed by atoms with Gasteiger partial charge in [0.15, 0.2) is 0 Å². The average Bonchev–Trinajstić information content (AvgIpc) is 1.81. The molecule has 0 bridgehead atoms. The predicted molar refractivity (Wildman–Crippen MR) is 26.1 cm³/mol. The maximum atomic E-state index is 11.7. The molecular weight excluding hydrogens is 155 g/mol. The van der Waals surface area contributed by atoms with E-state index in [9.17, 15) is 22.0 Å². The van der Waals surface area contributed by atoms with Crippen molar-refractivity contribution in [1.29, 1.82) is 0 Å². The molecule has 0 N–H and O–H groups in total. The van der Waals surface area contributed by atoms with Crippen molar-refractivity contribution >= 4 is 0 Å². The number of allylic oxidation sites excluding steroid dienone is 2. The van der Waals surface area contributed by atoms with Crippen molar-refractivity contribution in [2.75, 3.05) is 6.67 Å². The predicted octanol–water partition coefficient (Wildman–Crippen LogP) is 2.41. The molecule has 0 fully saturated rings. The number of rotatable bonds is 2. The number of halogens is 5. The molecule has 0 saturated heterocycles. The molecular formula is C5H5F5. The van der Waals surface area contributed by atoms with Crippen LogP contribution in [0.3, 0.4) is 0 Å². The average molecular weight is 160 g/mol. The summed E-state index contributed by atoms with van der Waals surface area (Å²) in [7, 11) is 0. The normalized spacial score (nSPS) is 16.1. The molecule has 1 unspecified atom stereocenters. The van der Waals surface area contributed by atoms with Gasteiger partial charge in [-0.1, -0.05) is 0 Å². The second kappa shape index (κ2) is 3.53. The maximum absolute atomic E-state index is 11.7. The lowest BCUT2D eigenvalue weighted by molar-refractivity contribution is -0.0803. The smallest absolute Gasteiger partial charge is 0.248 e. The van der Waals surface area contributed by atoms with Crippen LogP contribution in [0.5, 0.6) is 0 Å². The van der Waals surface area contributed by atoms with Gasteiger partial charge in [-0.15, -0.1) is 0 Å². The van der Waals surface area contributed by atoms with Gasteiger partial charge in [-0.2, -0.15) is 13.2 Å². The summed E-state index contributed by atoms with van der Waals surface area (Å²) in [6, 6.07) is 0. The van der Waals surface area contributed by atoms with Crippen LogP contribution >= 0.6 is 0 Å². The van der Waals surface area contributed by atoms with Crippen molar-refractivity contribution in [3.05, 3.63) is 12.2 Å². The molecule has 0 aromatic rings. The highest BCUT2D eigenvalue weighted by atomic mass is 19.4. The second-order valence-corrected chi connectivity index (χ2v) is 1.57. The molecule has 0 rings (SSSR count). The summed E-state index contributed by atoms with van der Waals surface area (Å²) in [6.45, 7) is -1.42. The van der Waals surface area contributed by atoms with Gasteiger partial charge in [0.05, 0.1) is 0 Å². The highest BCUT2D eigenvalue weighted by Crippen LogP contribution is 2.16. The van der Waals surface area contributed by atoms with Crippen LogP contribution in [0.25, 0.3) is 0 Å². The molecule has 0 nitrogen and oxygen atoms in total. The highest BCUT2D eigenvalue weighted by molar-refractivity contribution is 4.93. The largest absolute Gasteiger partial charge is 0.409 e. The lowest BCUT2D eigenvalue weighted by atomic mass is 10.3. The maximum Gasteiger partial charge on any atom is 0.409 e. The van der Waals surface area contributed by atoms with Crippen LogP contribution in [-0.4, -0.2) is 19.0 Å². The van der Waals surface area contributed by atoms with E-state index in [0.29, 0.717) is 0 Å². The topological polar surface area (TPSA) is 0 Å². The zero-order valence-corrected chi connectivity index (χ0v) is 4.83. The van der Waals surface area contributed by atoms with E-state index in [-0.39, 0.29) is 12.2 Å². The molecule has 60 valence electrons. The summed E-state index contributed by atoms with van der Waals surface area (Å²) < 4.78 is 56.4. The van der Waals surface area contributed by atoms with Crippen LogP contribution in [-0.2, 0) is 0 Å². The summed E-state index contributed by atoms with van der Waals surface area (Å²) >= 11 is 0. The van der Waals surface area contributed by atoms with E-state index < -0.39 is 19.0 Å². The summed E-state index contributed by atoms with van der Waals surface area (Å²) in [6.07, 6.45) is -6.89. The van der Waals surface area contributed by atoms with Crippen LogP contribution in [0.2, 0.25) is 0 Å². The van der Waals surface area contributed by atoms with Crippen LogP contribution < -0.4 is 0 Å². The van der Waals surface area contributed by atoms with E-state index in [1.807, 2.05) is 0 Å². The van der Waals surface area contributed by atoms with Crippen LogP contribution in [0, 0.1) is 0 Å². The standard InChI is InChI=1S/C5H5F5/c6-3-4(7)1-2-5(8,9)10/h1-2,4H,3H2. The van der Waals surface area contributed by atoms with Gasteiger partial charge in [0, 0.05) is 6.08 Å². The third-order valence-corrected chi connectivity index (χ3v) is 0.641. The van der Waals surface area contributed by atoms with Crippen molar-refractivity contribution in [2.45, 2.75) is 12.3 Å². The van der Waals surface area contributed by atoms with E-state index in [0.717, 1.165) is 0 Å². The molecule has 0 aliphatic carbocycles. The molecule has 0 heterocycles. The van der Waals surface area contributed by atoms with Crippen molar-refractivity contribution < 1.29 is 22.0 Å². The first-order chi connectivity index (χ1) is 4.45. The third-order valence-electron chi connectivity index (χ3n) is 0.641. The molecule has 0 aromatic heterocycles. The molecule has 0 spiro atoms. The molecule has 0 aromatic carbocycles. The van der Waals surface area contributed by atoms with Gasteiger partial charge in [-0.05, 0) is 6.08 Å². The molecule has 5 heteroatoms. The Kier molecular flexibility index (Phi) is 3.32. The fourth-order valence-corrected chi connectivity index (χ4v) is 0.265. The summed E-state index contributed by atoms with van der Waals surface area (Å²) in [5.74, 6) is 0. The van der Waals surface area contributed by atoms with Gasteiger partial charge in [-0.3, -0.25) is 0 Å². The van der Waals surface area contributed by atoms with Gasteiger partial charge in [-0.25, -0.2) is 8.78 Å². The lowest BCUT2D eigenvalue weighted by Crippen LogP contribution is -2.04. The minimum Gasteiger partial charge on any atom is -0.248 e. The fraction of sp³-hybridized carbons (Fsp3) is 0.600. The Morgan fingerprint density at radius 1 is 1.30 bits per heavy atom. The molecule has 0 aliphatic rings. The Labute approximate surface area is 54.3 Å². The van der Waals surface area contributed by atoms with E-state index in [1.165, 1.54) is 0 Å². The molecule has 0 aliphatic heterocycles. The van der Waals surface area contributed by atoms with Crippen molar-refractivity contribution in [3.63, 3.8) is 0 Å². The van der Waals surface area contributed by atoms with Crippen LogP contribution in [0.4, 0.5) is 22.0 Å². The Morgan fingerprint density at radius 2 is 1.80 bits per heavy atom. The zero-order chi connectivity index (χ0) is 8.20. The van der Waals surface area contributed by atoms with Crippen molar-refractivity contribution in [1.82, 2.24) is 0 Å². The first kappa shape index (κ1) is 9.39. The molecule has 0 saturated carbocycles. The minimum atomic E-state index is -4.56. The first-order valence-corrected chi connectivity index (χ1v) is 2.42. The summed E-state index contributed by atoms with van der Waals surface area (Å²) in [5.41, 5.74) is 0. The molecule has 0 amide bonds. The number of hydrogen-bond donors (Lipinski definition) is 0. The monoisotopic (exact) mass is 160 g/mol. The van der Waals surface area contributed by atoms with Gasteiger partial charge in [0.2, 0.25) is 0 Å². The van der Waals surface area contributed by atoms with Gasteiger partial charge in [0.1, 0.15) is 12.8 Å². The van der Waals surface area contributed by atoms with E-state index in [4.69, 9.17) is 0 Å². The fourth-order valence-electron chi connectivity index (χ4n) is 0.265. The lowest BCUT2D eigenvalue weighted by Gasteiger charge is -1.97. The summed E-state index contributed by atoms with van der Waals surface area (Å²) in [4.78, 5) is 0. The van der Waals surface area contributed by atoms with Gasteiger partial charge >= 0.3 is 6.18 Å². The number of alkyl halides is 5. The Balaban J connectivity index is 3.75. The van der Waals surface area contributed by atoms with E-state index in [1.54, 1.807) is 0 Å². The second-order valence-electron chi connectivity index (χ2n) is 1.57. The van der Waals surface area contributed by atoms with Crippen molar-refractivity contribution in [3.8, 4) is 0 Å². The van der Waals surface area contributed by atoms with Crippen LogP contribution in [0.15, 0.2) is 12.2 Å². The van der Waals surface area contributed by atoms with Crippen molar-refractivity contribution in [2.24, 2.45) is 0 Å². The van der Waals surface area contributed by atoms with Gasteiger partial charge < -0.3 is 0 Å². The quantitative estimate of drug-likeness (QED) is 0.429. The molecule has 1 atom stereocenters. The zero-order valence-electron chi connectivity index (χ0n) is 4.83. The SMILES string of the molecule is FCC(F)C=CC(F)(F)F. The number of hydrogen-bond acceptors (Lipinski definition) is 0. The Bertz CT molecular complexity index is 114.